The molecule has 0 radical (unpaired) electrons. The number of alkyl halides is 9. The maximum Gasteiger partial charge on any atom is 0.402 e. The molecule has 6 unspecified atom stereocenters. The number of epoxide rings is 2. The molecule has 430 valence electrons. The molecule has 0 saturated carbocycles. The van der Waals surface area contributed by atoms with Gasteiger partial charge in [-0.3, -0.25) is 0 Å². The van der Waals surface area contributed by atoms with Gasteiger partial charge in [0.2, 0.25) is 0 Å². The van der Waals surface area contributed by atoms with Gasteiger partial charge < -0.3 is 48.1 Å². The van der Waals surface area contributed by atoms with E-state index in [1.54, 1.807) is 0 Å². The largest absolute Gasteiger partial charge is 0.491 e. The summed E-state index contributed by atoms with van der Waals surface area (Å²) < 4.78 is 179. The summed E-state index contributed by atoms with van der Waals surface area (Å²) >= 11 is 13.3. The van der Waals surface area contributed by atoms with Gasteiger partial charge in [0, 0.05) is 0 Å². The Bertz CT molecular complexity index is 2830. The molecule has 10 nitrogen and oxygen atoms in total. The second-order valence-corrected chi connectivity index (χ2v) is 23.0. The van der Waals surface area contributed by atoms with Crippen molar-refractivity contribution >= 4 is 63.7 Å². The molecule has 23 heteroatoms. The van der Waals surface area contributed by atoms with E-state index in [2.05, 4.69) is 63.7 Å². The molecule has 2 saturated heterocycles. The van der Waals surface area contributed by atoms with Gasteiger partial charge in [-0.15, -0.1) is 0 Å². The second-order valence-electron chi connectivity index (χ2n) is 19.6. The molecule has 0 bridgehead atoms. The van der Waals surface area contributed by atoms with Gasteiger partial charge in [-0.05, 0) is 191 Å². The average molecular weight is 1390 g/mol. The van der Waals surface area contributed by atoms with E-state index < -0.39 is 60.2 Å². The highest BCUT2D eigenvalue weighted by molar-refractivity contribution is 9.11. The van der Waals surface area contributed by atoms with Crippen LogP contribution in [0.15, 0.2) is 139 Å². The number of rotatable bonds is 24. The standard InChI is InChI=1S/C57H51Br4F9O10/c1-52(55(62,63)64,34-8-16-42(17-9-34)75-28-44-30-77-44)32-4-12-40(13-5-32)73-24-38(71)26-79-50-46(58)20-36(21-47(50)59)54(3,57(68,69)70)37-22-48(60)51(49(61)23-37)80-27-39(72)25-74-41-14-6-33(7-15-41)53(2,56(65,66)67)35-10-18-43(19-11-35)76-29-45-31-78-45/h4-23,38-39,44-45,71-72H,24-31H2,1-3H3. The van der Waals surface area contributed by atoms with Crippen molar-refractivity contribution in [3.63, 3.8) is 0 Å². The summed E-state index contributed by atoms with van der Waals surface area (Å²) in [5, 5.41) is 21.6. The number of benzene rings is 6. The van der Waals surface area contributed by atoms with E-state index in [0.717, 1.165) is 20.8 Å². The molecule has 6 atom stereocenters. The van der Waals surface area contributed by atoms with Crippen LogP contribution >= 0.6 is 63.7 Å². The highest BCUT2D eigenvalue weighted by Gasteiger charge is 2.56. The molecule has 0 amide bonds. The molecule has 2 aliphatic rings. The number of aliphatic hydroxyl groups excluding tert-OH is 2. The molecule has 2 fully saturated rings. The minimum absolute atomic E-state index is 0.00726. The summed E-state index contributed by atoms with van der Waals surface area (Å²) in [6, 6.07) is 26.8. The predicted molar refractivity (Wildman–Crippen MR) is 291 cm³/mol. The average Bonchev–Trinajstić information content (AvgIpc) is 4.42. The van der Waals surface area contributed by atoms with Gasteiger partial charge in [-0.1, -0.05) is 48.5 Å². The Kier molecular flexibility index (Phi) is 18.9. The van der Waals surface area contributed by atoms with Crippen LogP contribution in [0.4, 0.5) is 39.5 Å². The highest BCUT2D eigenvalue weighted by atomic mass is 79.9. The van der Waals surface area contributed by atoms with Gasteiger partial charge in [-0.2, -0.15) is 39.5 Å². The molecule has 2 heterocycles. The van der Waals surface area contributed by atoms with Crippen LogP contribution in [-0.4, -0.2) is 106 Å². The van der Waals surface area contributed by atoms with Crippen LogP contribution in [0.5, 0.6) is 34.5 Å². The first-order chi connectivity index (χ1) is 37.6. The topological polar surface area (TPSA) is 121 Å². The van der Waals surface area contributed by atoms with Gasteiger partial charge in [0.05, 0.1) is 31.1 Å². The monoisotopic (exact) mass is 1380 g/mol. The van der Waals surface area contributed by atoms with Crippen molar-refractivity contribution in [3.05, 3.63) is 173 Å². The van der Waals surface area contributed by atoms with Crippen LogP contribution in [0.25, 0.3) is 0 Å². The summed E-state index contributed by atoms with van der Waals surface area (Å²) in [5.74, 6) is 1.26. The smallest absolute Gasteiger partial charge is 0.402 e. The third-order valence-electron chi connectivity index (χ3n) is 14.0. The Morgan fingerprint density at radius 3 is 0.863 bits per heavy atom. The molecule has 2 aliphatic heterocycles. The maximum atomic E-state index is 15.4. The zero-order valence-electron chi connectivity index (χ0n) is 42.6. The van der Waals surface area contributed by atoms with Crippen molar-refractivity contribution in [2.24, 2.45) is 0 Å². The number of halogens is 13. The molecule has 6 aromatic rings. The van der Waals surface area contributed by atoms with E-state index in [1.165, 1.54) is 121 Å². The molecule has 80 heavy (non-hydrogen) atoms. The minimum atomic E-state index is -4.89. The van der Waals surface area contributed by atoms with E-state index in [1.807, 2.05) is 0 Å². The van der Waals surface area contributed by atoms with Crippen molar-refractivity contribution in [1.29, 1.82) is 0 Å². The maximum absolute atomic E-state index is 15.4. The summed E-state index contributed by atoms with van der Waals surface area (Å²) in [4.78, 5) is 0. The number of hydrogen-bond donors (Lipinski definition) is 2. The lowest BCUT2D eigenvalue weighted by atomic mass is 9.75. The van der Waals surface area contributed by atoms with E-state index in [0.29, 0.717) is 37.9 Å². The zero-order chi connectivity index (χ0) is 58.0. The van der Waals surface area contributed by atoms with E-state index in [9.17, 15) is 36.6 Å². The van der Waals surface area contributed by atoms with Crippen molar-refractivity contribution in [2.45, 2.75) is 80.0 Å². The predicted octanol–water partition coefficient (Wildman–Crippen LogP) is 14.5. The summed E-state index contributed by atoms with van der Waals surface area (Å²) in [7, 11) is 0. The van der Waals surface area contributed by atoms with Gasteiger partial charge in [0.1, 0.15) is 115 Å². The third-order valence-corrected chi connectivity index (χ3v) is 16.3. The van der Waals surface area contributed by atoms with Crippen LogP contribution < -0.4 is 28.4 Å². The number of aliphatic hydroxyl groups is 2. The third kappa shape index (κ3) is 13.8. The first kappa shape index (κ1) is 61.3. The summed E-state index contributed by atoms with van der Waals surface area (Å²) in [6.07, 6.45) is -16.9. The molecule has 0 aromatic heterocycles. The van der Waals surface area contributed by atoms with Crippen LogP contribution in [0.1, 0.15) is 54.2 Å². The first-order valence-electron chi connectivity index (χ1n) is 24.6. The Morgan fingerprint density at radius 1 is 0.400 bits per heavy atom. The Morgan fingerprint density at radius 2 is 0.625 bits per heavy atom. The van der Waals surface area contributed by atoms with E-state index in [4.69, 9.17) is 37.9 Å². The SMILES string of the molecule is CC(c1ccc(OCC(O)COc2c(Br)cc(C(C)(c3cc(Br)c(OCC(O)COc4ccc(C(C)(c5ccc(OCC6CO6)cc5)C(F)(F)F)cc4)c(Br)c3)C(F)(F)F)cc2Br)cc1)(c1ccc(OCC2CO2)cc1)C(F)(F)F. The Labute approximate surface area is 488 Å². The molecular weight excluding hydrogens is 1340 g/mol. The van der Waals surface area contributed by atoms with Gasteiger partial charge >= 0.3 is 18.5 Å². The quantitative estimate of drug-likeness (QED) is 0.0448. The molecule has 0 spiro atoms. The Balaban J connectivity index is 0.858. The molecule has 8 rings (SSSR count). The van der Waals surface area contributed by atoms with E-state index >= 15 is 13.2 Å². The second kappa shape index (κ2) is 24.6. The normalized spacial score (nSPS) is 18.4. The first-order valence-corrected chi connectivity index (χ1v) is 27.8. The van der Waals surface area contributed by atoms with Gasteiger partial charge in [0.25, 0.3) is 0 Å². The van der Waals surface area contributed by atoms with Crippen LogP contribution in [-0.2, 0) is 25.7 Å². The molecule has 0 aliphatic carbocycles. The Hall–Kier alpha value is -4.75. The van der Waals surface area contributed by atoms with Crippen molar-refractivity contribution < 1.29 is 87.6 Å². The van der Waals surface area contributed by atoms with Crippen LogP contribution in [0.3, 0.4) is 0 Å². The zero-order valence-corrected chi connectivity index (χ0v) is 48.9. The molecule has 6 aromatic carbocycles. The van der Waals surface area contributed by atoms with Gasteiger partial charge in [0.15, 0.2) is 0 Å². The minimum Gasteiger partial charge on any atom is -0.491 e. The fourth-order valence-electron chi connectivity index (χ4n) is 8.54. The molecule has 2 N–H and O–H groups in total. The van der Waals surface area contributed by atoms with Crippen molar-refractivity contribution in [2.75, 3.05) is 52.9 Å². The van der Waals surface area contributed by atoms with Crippen molar-refractivity contribution in [1.82, 2.24) is 0 Å². The van der Waals surface area contributed by atoms with Crippen LogP contribution in [0.2, 0.25) is 0 Å². The highest BCUT2D eigenvalue weighted by Crippen LogP contribution is 2.52. The lowest BCUT2D eigenvalue weighted by molar-refractivity contribution is -0.173. The van der Waals surface area contributed by atoms with Crippen LogP contribution in [0, 0.1) is 0 Å². The van der Waals surface area contributed by atoms with E-state index in [-0.39, 0.29) is 99.7 Å². The molecular formula is C57H51Br4F9O10. The fraction of sp³-hybridized carbons (Fsp3) is 0.368. The summed E-state index contributed by atoms with van der Waals surface area (Å²) in [6.45, 7) is 3.41. The fourth-order valence-corrected chi connectivity index (χ4v) is 11.4. The summed E-state index contributed by atoms with van der Waals surface area (Å²) in [5.41, 5.74) is -7.99. The lowest BCUT2D eigenvalue weighted by Crippen LogP contribution is -2.40. The number of hydrogen-bond acceptors (Lipinski definition) is 10. The van der Waals surface area contributed by atoms with Crippen molar-refractivity contribution in [3.8, 4) is 34.5 Å². The lowest BCUT2D eigenvalue weighted by Gasteiger charge is -2.34. The van der Waals surface area contributed by atoms with Gasteiger partial charge in [-0.25, -0.2) is 0 Å². The number of ether oxygens (including phenoxy) is 8.